The lowest BCUT2D eigenvalue weighted by atomic mass is 10.1. The van der Waals surface area contributed by atoms with Crippen molar-refractivity contribution in [3.63, 3.8) is 0 Å². The number of hydrogen-bond donors (Lipinski definition) is 2. The number of primary amides is 1. The summed E-state index contributed by atoms with van der Waals surface area (Å²) >= 11 is 0. The minimum atomic E-state index is -0.616. The number of aromatic nitrogens is 1. The number of pyridine rings is 1. The van der Waals surface area contributed by atoms with Crippen molar-refractivity contribution in [2.75, 3.05) is 12.4 Å². The molecule has 0 aliphatic carbocycles. The molecule has 0 saturated heterocycles. The van der Waals surface area contributed by atoms with Gasteiger partial charge in [0, 0.05) is 17.4 Å². The maximum Gasteiger partial charge on any atom is 0.255 e. The van der Waals surface area contributed by atoms with E-state index in [2.05, 4.69) is 10.3 Å². The van der Waals surface area contributed by atoms with E-state index in [1.54, 1.807) is 12.1 Å². The van der Waals surface area contributed by atoms with Crippen molar-refractivity contribution in [2.45, 2.75) is 13.5 Å². The largest absolute Gasteiger partial charge is 0.494 e. The zero-order valence-corrected chi connectivity index (χ0v) is 16.4. The Morgan fingerprint density at radius 2 is 1.90 bits per heavy atom. The fraction of sp³-hybridized carbons (Fsp3) is 0.136. The monoisotopic (exact) mass is 409 g/mol. The van der Waals surface area contributed by atoms with Gasteiger partial charge in [-0.05, 0) is 54.4 Å². The third-order valence-corrected chi connectivity index (χ3v) is 4.41. The number of benzene rings is 2. The number of carbonyl (C=O) groups is 2. The second-order valence-electron chi connectivity index (χ2n) is 6.51. The van der Waals surface area contributed by atoms with Crippen molar-refractivity contribution in [1.82, 2.24) is 4.98 Å². The molecule has 1 heterocycles. The molecule has 1 aromatic heterocycles. The molecule has 0 aliphatic rings. The number of nitrogens with one attached hydrogen (secondary N) is 1. The number of ether oxygens (including phenoxy) is 2. The lowest BCUT2D eigenvalue weighted by molar-refractivity contribution is 0.0997. The van der Waals surface area contributed by atoms with Gasteiger partial charge in [-0.25, -0.2) is 4.39 Å². The van der Waals surface area contributed by atoms with Crippen LogP contribution >= 0.6 is 0 Å². The summed E-state index contributed by atoms with van der Waals surface area (Å²) in [7, 11) is 1.36. The van der Waals surface area contributed by atoms with Crippen molar-refractivity contribution < 1.29 is 23.5 Å². The number of hydrogen-bond acceptors (Lipinski definition) is 5. The van der Waals surface area contributed by atoms with Crippen LogP contribution in [0.2, 0.25) is 0 Å². The van der Waals surface area contributed by atoms with E-state index in [0.29, 0.717) is 11.4 Å². The predicted molar refractivity (Wildman–Crippen MR) is 109 cm³/mol. The first-order valence-corrected chi connectivity index (χ1v) is 8.99. The summed E-state index contributed by atoms with van der Waals surface area (Å²) in [5, 5.41) is 2.74. The van der Waals surface area contributed by atoms with Crippen molar-refractivity contribution in [2.24, 2.45) is 5.73 Å². The molecule has 0 radical (unpaired) electrons. The Morgan fingerprint density at radius 3 is 2.60 bits per heavy atom. The van der Waals surface area contributed by atoms with Gasteiger partial charge in [0.25, 0.3) is 5.91 Å². The van der Waals surface area contributed by atoms with E-state index in [9.17, 15) is 14.0 Å². The topological polar surface area (TPSA) is 104 Å². The number of halogens is 1. The van der Waals surface area contributed by atoms with Gasteiger partial charge in [-0.2, -0.15) is 0 Å². The van der Waals surface area contributed by atoms with Gasteiger partial charge >= 0.3 is 0 Å². The fourth-order valence-electron chi connectivity index (χ4n) is 2.71. The van der Waals surface area contributed by atoms with Gasteiger partial charge in [-0.1, -0.05) is 6.07 Å². The van der Waals surface area contributed by atoms with E-state index in [1.165, 1.54) is 37.7 Å². The smallest absolute Gasteiger partial charge is 0.255 e. The normalized spacial score (nSPS) is 10.4. The second kappa shape index (κ2) is 9.04. The van der Waals surface area contributed by atoms with Crippen LogP contribution in [0.3, 0.4) is 0 Å². The number of nitrogens with zero attached hydrogens (tertiary/aromatic N) is 1. The molecule has 2 aromatic carbocycles. The number of aryl methyl sites for hydroxylation is 1. The number of carbonyl (C=O) groups excluding carboxylic acids is 2. The molecule has 8 heteroatoms. The average Bonchev–Trinajstić information content (AvgIpc) is 2.74. The second-order valence-corrected chi connectivity index (χ2v) is 6.51. The van der Waals surface area contributed by atoms with E-state index in [-0.39, 0.29) is 23.5 Å². The van der Waals surface area contributed by atoms with E-state index in [1.807, 2.05) is 13.0 Å². The van der Waals surface area contributed by atoms with Gasteiger partial charge in [-0.3, -0.25) is 14.6 Å². The molecule has 0 spiro atoms. The molecule has 7 nitrogen and oxygen atoms in total. The Morgan fingerprint density at radius 1 is 1.10 bits per heavy atom. The fourth-order valence-corrected chi connectivity index (χ4v) is 2.71. The van der Waals surface area contributed by atoms with Crippen LogP contribution in [0.1, 0.15) is 31.8 Å². The van der Waals surface area contributed by atoms with Gasteiger partial charge in [0.05, 0.1) is 18.9 Å². The van der Waals surface area contributed by atoms with Crippen LogP contribution in [0, 0.1) is 12.7 Å². The van der Waals surface area contributed by atoms with Gasteiger partial charge in [0.1, 0.15) is 12.4 Å². The third kappa shape index (κ3) is 4.91. The number of amides is 2. The molecule has 30 heavy (non-hydrogen) atoms. The van der Waals surface area contributed by atoms with Crippen LogP contribution in [-0.4, -0.2) is 23.9 Å². The first kappa shape index (κ1) is 20.8. The zero-order chi connectivity index (χ0) is 21.7. The van der Waals surface area contributed by atoms with Crippen LogP contribution in [0.25, 0.3) is 0 Å². The molecule has 0 bridgehead atoms. The van der Waals surface area contributed by atoms with Crippen LogP contribution in [0.15, 0.2) is 54.9 Å². The number of nitrogens with two attached hydrogens (primary N) is 1. The standard InChI is InChI=1S/C22H20FN3O4/c1-13-3-5-17(26-22(28)14-4-6-20(29-2)19(23)9-14)7-16(13)12-30-18-8-15(21(24)27)10-25-11-18/h3-11H,12H2,1-2H3,(H2,24,27)(H,26,28). The minimum Gasteiger partial charge on any atom is -0.494 e. The molecule has 3 N–H and O–H groups in total. The highest BCUT2D eigenvalue weighted by atomic mass is 19.1. The first-order chi connectivity index (χ1) is 14.4. The predicted octanol–water partition coefficient (Wildman–Crippen LogP) is 3.47. The molecular formula is C22H20FN3O4. The minimum absolute atomic E-state index is 0.0659. The molecule has 154 valence electrons. The molecule has 0 unspecified atom stereocenters. The highest BCUT2D eigenvalue weighted by Gasteiger charge is 2.12. The molecular weight excluding hydrogens is 389 g/mol. The zero-order valence-electron chi connectivity index (χ0n) is 16.4. The van der Waals surface area contributed by atoms with Gasteiger partial charge < -0.3 is 20.5 Å². The van der Waals surface area contributed by atoms with Gasteiger partial charge in [0.2, 0.25) is 5.91 Å². The van der Waals surface area contributed by atoms with Gasteiger partial charge in [0.15, 0.2) is 11.6 Å². The molecule has 0 atom stereocenters. The summed E-state index contributed by atoms with van der Waals surface area (Å²) < 4.78 is 24.4. The molecule has 3 aromatic rings. The summed E-state index contributed by atoms with van der Waals surface area (Å²) in [6, 6.07) is 10.8. The Balaban J connectivity index is 1.72. The van der Waals surface area contributed by atoms with Crippen molar-refractivity contribution in [3.05, 3.63) is 82.9 Å². The highest BCUT2D eigenvalue weighted by molar-refractivity contribution is 6.04. The van der Waals surface area contributed by atoms with Crippen molar-refractivity contribution >= 4 is 17.5 Å². The van der Waals surface area contributed by atoms with Crippen molar-refractivity contribution in [1.29, 1.82) is 0 Å². The summed E-state index contributed by atoms with van der Waals surface area (Å²) in [5.41, 5.74) is 7.96. The maximum atomic E-state index is 13.9. The summed E-state index contributed by atoms with van der Waals surface area (Å²) in [6.45, 7) is 2.10. The number of methoxy groups -OCH3 is 1. The summed E-state index contributed by atoms with van der Waals surface area (Å²) in [4.78, 5) is 27.6. The Bertz CT molecular complexity index is 1100. The van der Waals surface area contributed by atoms with Crippen LogP contribution in [0.4, 0.5) is 10.1 Å². The average molecular weight is 409 g/mol. The summed E-state index contributed by atoms with van der Waals surface area (Å²) in [6.07, 6.45) is 2.84. The Hall–Kier alpha value is -3.94. The third-order valence-electron chi connectivity index (χ3n) is 4.41. The van der Waals surface area contributed by atoms with Crippen LogP contribution in [-0.2, 0) is 6.61 Å². The molecule has 3 rings (SSSR count). The van der Waals surface area contributed by atoms with E-state index >= 15 is 0 Å². The van der Waals surface area contributed by atoms with E-state index in [0.717, 1.165) is 17.2 Å². The Labute approximate surface area is 172 Å². The summed E-state index contributed by atoms with van der Waals surface area (Å²) in [5.74, 6) is -1.20. The highest BCUT2D eigenvalue weighted by Crippen LogP contribution is 2.21. The SMILES string of the molecule is COc1ccc(C(=O)Nc2ccc(C)c(COc3cncc(C(N)=O)c3)c2)cc1F. The van der Waals surface area contributed by atoms with Gasteiger partial charge in [-0.15, -0.1) is 0 Å². The quantitative estimate of drug-likeness (QED) is 0.622. The molecule has 0 fully saturated rings. The molecule has 2 amide bonds. The van der Waals surface area contributed by atoms with E-state index < -0.39 is 17.6 Å². The van der Waals surface area contributed by atoms with E-state index in [4.69, 9.17) is 15.2 Å². The Kier molecular flexibility index (Phi) is 6.26. The number of rotatable bonds is 7. The lowest BCUT2D eigenvalue weighted by Crippen LogP contribution is -2.13. The number of anilines is 1. The van der Waals surface area contributed by atoms with Crippen molar-refractivity contribution in [3.8, 4) is 11.5 Å². The maximum absolute atomic E-state index is 13.9. The molecule has 0 saturated carbocycles. The lowest BCUT2D eigenvalue weighted by Gasteiger charge is -2.12. The molecule has 0 aliphatic heterocycles. The van der Waals surface area contributed by atoms with Crippen LogP contribution < -0.4 is 20.5 Å². The first-order valence-electron chi connectivity index (χ1n) is 8.99. The van der Waals surface area contributed by atoms with Crippen LogP contribution in [0.5, 0.6) is 11.5 Å².